The monoisotopic (exact) mass is 797 g/mol. The van der Waals surface area contributed by atoms with Gasteiger partial charge in [0.1, 0.15) is 12.7 Å². The average molecular weight is 798 g/mol. The van der Waals surface area contributed by atoms with Crippen molar-refractivity contribution in [2.24, 2.45) is 0 Å². The summed E-state index contributed by atoms with van der Waals surface area (Å²) in [5.41, 5.74) is 0.796. The molecule has 1 aliphatic rings. The van der Waals surface area contributed by atoms with Crippen LogP contribution in [-0.4, -0.2) is 101 Å². The molecule has 14 heteroatoms. The van der Waals surface area contributed by atoms with Crippen LogP contribution in [0.1, 0.15) is 67.1 Å². The van der Waals surface area contributed by atoms with E-state index in [1.807, 2.05) is 0 Å². The van der Waals surface area contributed by atoms with E-state index >= 15 is 0 Å². The van der Waals surface area contributed by atoms with Crippen molar-refractivity contribution in [3.8, 4) is 0 Å². The fraction of sp³-hybridized carbons (Fsp3) is 0.341. The highest BCUT2D eigenvalue weighted by Crippen LogP contribution is 2.32. The maximum absolute atomic E-state index is 13.8. The van der Waals surface area contributed by atoms with Crippen LogP contribution in [0.15, 0.2) is 121 Å². The van der Waals surface area contributed by atoms with Crippen molar-refractivity contribution in [2.45, 2.75) is 62.7 Å². The molecule has 0 aromatic heterocycles. The van der Waals surface area contributed by atoms with E-state index in [4.69, 9.17) is 37.9 Å². The number of unbranched alkanes of at least 4 members (excludes halogenated alkanes) is 2. The first-order valence-electron chi connectivity index (χ1n) is 18.9. The summed E-state index contributed by atoms with van der Waals surface area (Å²) in [5, 5.41) is 2.76. The molecule has 0 unspecified atom stereocenters. The number of carbonyl (C=O) groups excluding carboxylic acids is 5. The Morgan fingerprint density at radius 3 is 1.50 bits per heavy atom. The van der Waals surface area contributed by atoms with Crippen LogP contribution < -0.4 is 5.32 Å². The van der Waals surface area contributed by atoms with E-state index in [9.17, 15) is 24.0 Å². The lowest BCUT2D eigenvalue weighted by Gasteiger charge is -2.44. The zero-order valence-corrected chi connectivity index (χ0v) is 32.3. The number of nitrogens with one attached hydrogen (secondary N) is 1. The van der Waals surface area contributed by atoms with Gasteiger partial charge in [0.15, 0.2) is 30.9 Å². The van der Waals surface area contributed by atoms with Crippen LogP contribution in [0.3, 0.4) is 0 Å². The van der Waals surface area contributed by atoms with Crippen LogP contribution in [0.5, 0.6) is 0 Å². The smallest absolute Gasteiger partial charge is 0.338 e. The summed E-state index contributed by atoms with van der Waals surface area (Å²) >= 11 is 0. The lowest BCUT2D eigenvalue weighted by atomic mass is 9.97. The summed E-state index contributed by atoms with van der Waals surface area (Å²) in [6.07, 6.45) is -5.92. The molecular weight excluding hydrogens is 750 g/mol. The van der Waals surface area contributed by atoms with E-state index < -0.39 is 67.5 Å². The molecule has 0 bridgehead atoms. The maximum atomic E-state index is 13.8. The molecule has 4 aromatic carbocycles. The van der Waals surface area contributed by atoms with Crippen molar-refractivity contribution in [3.05, 3.63) is 144 Å². The van der Waals surface area contributed by atoms with Crippen molar-refractivity contribution in [2.75, 3.05) is 34.0 Å². The van der Waals surface area contributed by atoms with E-state index in [0.29, 0.717) is 19.3 Å². The van der Waals surface area contributed by atoms with Gasteiger partial charge in [0.05, 0.1) is 28.8 Å². The summed E-state index contributed by atoms with van der Waals surface area (Å²) in [5.74, 6) is -3.26. The standard InChI is InChI=1S/C44H47NO13/c1-51-36(52-2)28-45-35(46)26-16-7-17-27-53-44-39(58-43(50)33-24-14-6-15-25-33)38(57-42(49)32-22-12-5-13-23-32)37(56-41(48)31-20-10-4-11-21-31)34(55-44)29-54-40(47)30-18-8-3-9-19-30/h3-6,8-15,18-25,34,36-39,44H,7,16-17,26-29H2,1-2H3,(H,45,46)/t34-,37-,38+,39-,44-/m1/s1. The Morgan fingerprint density at radius 1 is 0.569 bits per heavy atom. The van der Waals surface area contributed by atoms with Crippen LogP contribution in [0.4, 0.5) is 0 Å². The Labute approximate surface area is 336 Å². The van der Waals surface area contributed by atoms with Gasteiger partial charge in [-0.1, -0.05) is 79.2 Å². The van der Waals surface area contributed by atoms with Crippen molar-refractivity contribution in [1.29, 1.82) is 0 Å². The Balaban J connectivity index is 1.42. The van der Waals surface area contributed by atoms with Gasteiger partial charge in [-0.15, -0.1) is 0 Å². The van der Waals surface area contributed by atoms with Gasteiger partial charge in [-0.25, -0.2) is 19.2 Å². The van der Waals surface area contributed by atoms with Crippen LogP contribution >= 0.6 is 0 Å². The van der Waals surface area contributed by atoms with Gasteiger partial charge < -0.3 is 43.2 Å². The SMILES string of the molecule is COC(CNC(=O)CCCCCO[C@@H]1O[C@H](COC(=O)c2ccccc2)[C@@H](OC(=O)c2ccccc2)[C@H](OC(=O)c2ccccc2)[C@H]1OC(=O)c1ccccc1)OC. The third-order valence-corrected chi connectivity index (χ3v) is 9.06. The predicted octanol–water partition coefficient (Wildman–Crippen LogP) is 5.56. The molecule has 1 heterocycles. The van der Waals surface area contributed by atoms with Crippen molar-refractivity contribution < 1.29 is 61.9 Å². The highest BCUT2D eigenvalue weighted by Gasteiger charge is 2.53. The second kappa shape index (κ2) is 22.7. The quantitative estimate of drug-likeness (QED) is 0.0511. The molecule has 306 valence electrons. The molecule has 0 saturated carbocycles. The zero-order valence-electron chi connectivity index (χ0n) is 32.3. The fourth-order valence-electron chi connectivity index (χ4n) is 5.97. The van der Waals surface area contributed by atoms with Gasteiger partial charge >= 0.3 is 23.9 Å². The summed E-state index contributed by atoms with van der Waals surface area (Å²) < 4.78 is 46.6. The Bertz CT molecular complexity index is 1890. The molecule has 5 atom stereocenters. The summed E-state index contributed by atoms with van der Waals surface area (Å²) in [7, 11) is 2.96. The molecule has 0 aliphatic carbocycles. The van der Waals surface area contributed by atoms with Crippen LogP contribution in [0, 0.1) is 0 Å². The highest BCUT2D eigenvalue weighted by molar-refractivity contribution is 5.91. The topological polar surface area (TPSA) is 171 Å². The summed E-state index contributed by atoms with van der Waals surface area (Å²) in [4.78, 5) is 66.6. The fourth-order valence-corrected chi connectivity index (χ4v) is 5.97. The van der Waals surface area contributed by atoms with E-state index in [2.05, 4.69) is 5.32 Å². The second-order valence-electron chi connectivity index (χ2n) is 13.1. The molecular formula is C44H47NO13. The van der Waals surface area contributed by atoms with Crippen LogP contribution in [0.2, 0.25) is 0 Å². The van der Waals surface area contributed by atoms with Gasteiger partial charge in [0.25, 0.3) is 0 Å². The minimum atomic E-state index is -1.53. The van der Waals surface area contributed by atoms with Crippen LogP contribution in [0.25, 0.3) is 0 Å². The van der Waals surface area contributed by atoms with Crippen molar-refractivity contribution in [3.63, 3.8) is 0 Å². The first-order chi connectivity index (χ1) is 28.3. The summed E-state index contributed by atoms with van der Waals surface area (Å²) in [6.45, 7) is -0.205. The number of carbonyl (C=O) groups is 5. The van der Waals surface area contributed by atoms with Gasteiger partial charge in [0, 0.05) is 27.2 Å². The Morgan fingerprint density at radius 2 is 1.02 bits per heavy atom. The minimum absolute atomic E-state index is 0.0610. The largest absolute Gasteiger partial charge is 0.459 e. The average Bonchev–Trinajstić information content (AvgIpc) is 3.27. The lowest BCUT2D eigenvalue weighted by Crippen LogP contribution is -2.63. The van der Waals surface area contributed by atoms with E-state index in [1.54, 1.807) is 121 Å². The molecule has 1 N–H and O–H groups in total. The van der Waals surface area contributed by atoms with Crippen molar-refractivity contribution >= 4 is 29.8 Å². The zero-order chi connectivity index (χ0) is 41.1. The van der Waals surface area contributed by atoms with E-state index in [-0.39, 0.29) is 47.7 Å². The number of ether oxygens (including phenoxy) is 8. The normalized spacial score (nSPS) is 18.8. The first kappa shape index (κ1) is 43.2. The van der Waals surface area contributed by atoms with Gasteiger partial charge in [-0.2, -0.15) is 0 Å². The molecule has 4 aromatic rings. The Hall–Kier alpha value is -5.93. The van der Waals surface area contributed by atoms with Crippen LogP contribution in [-0.2, 0) is 42.7 Å². The molecule has 0 spiro atoms. The third-order valence-electron chi connectivity index (χ3n) is 9.06. The minimum Gasteiger partial charge on any atom is -0.459 e. The molecule has 5 rings (SSSR count). The number of methoxy groups -OCH3 is 2. The molecule has 1 amide bonds. The number of esters is 4. The summed E-state index contributed by atoms with van der Waals surface area (Å²) in [6, 6.07) is 32.6. The molecule has 14 nitrogen and oxygen atoms in total. The van der Waals surface area contributed by atoms with Crippen molar-refractivity contribution in [1.82, 2.24) is 5.32 Å². The lowest BCUT2D eigenvalue weighted by molar-refractivity contribution is -0.298. The van der Waals surface area contributed by atoms with E-state index in [1.165, 1.54) is 14.2 Å². The molecule has 58 heavy (non-hydrogen) atoms. The van der Waals surface area contributed by atoms with Gasteiger partial charge in [0.2, 0.25) is 5.91 Å². The van der Waals surface area contributed by atoms with Gasteiger partial charge in [-0.05, 0) is 61.4 Å². The number of hydrogen-bond acceptors (Lipinski definition) is 13. The first-order valence-corrected chi connectivity index (χ1v) is 18.9. The maximum Gasteiger partial charge on any atom is 0.338 e. The van der Waals surface area contributed by atoms with Gasteiger partial charge in [-0.3, -0.25) is 4.79 Å². The molecule has 1 saturated heterocycles. The molecule has 1 aliphatic heterocycles. The third kappa shape index (κ3) is 12.8. The molecule has 1 fully saturated rings. The van der Waals surface area contributed by atoms with E-state index in [0.717, 1.165) is 0 Å². The number of amides is 1. The number of rotatable bonds is 20. The number of benzene rings is 4. The highest BCUT2D eigenvalue weighted by atomic mass is 16.7. The Kier molecular flexibility index (Phi) is 16.9. The second-order valence-corrected chi connectivity index (χ2v) is 13.1. The molecule has 0 radical (unpaired) electrons. The number of hydrogen-bond donors (Lipinski definition) is 1. The predicted molar refractivity (Wildman–Crippen MR) is 208 cm³/mol.